The van der Waals surface area contributed by atoms with Gasteiger partial charge >= 0.3 is 5.97 Å². The minimum absolute atomic E-state index is 0.116. The van der Waals surface area contributed by atoms with Crippen LogP contribution in [0.3, 0.4) is 0 Å². The summed E-state index contributed by atoms with van der Waals surface area (Å²) in [4.78, 5) is 24.6. The van der Waals surface area contributed by atoms with Gasteiger partial charge in [-0.15, -0.1) is 0 Å². The fourth-order valence-corrected chi connectivity index (χ4v) is 2.73. The van der Waals surface area contributed by atoms with Crippen molar-refractivity contribution in [2.45, 2.75) is 20.1 Å². The molecule has 0 N–H and O–H groups in total. The Morgan fingerprint density at radius 3 is 1.90 bits per heavy atom. The van der Waals surface area contributed by atoms with Gasteiger partial charge in [-0.1, -0.05) is 66.7 Å². The van der Waals surface area contributed by atoms with E-state index < -0.39 is 11.8 Å². The second-order valence-electron chi connectivity index (χ2n) is 6.23. The number of carbonyl (C=O) groups excluding carboxylic acids is 2. The number of hydrogen-bond donors (Lipinski definition) is 0. The maximum absolute atomic E-state index is 12.6. The molecule has 3 aromatic carbocycles. The van der Waals surface area contributed by atoms with E-state index in [1.165, 1.54) is 6.07 Å². The summed E-state index contributed by atoms with van der Waals surface area (Å²) in [6, 6.07) is 24.1. The predicted molar refractivity (Wildman–Crippen MR) is 109 cm³/mol. The molecule has 0 aromatic heterocycles. The van der Waals surface area contributed by atoms with Gasteiger partial charge in [-0.3, -0.25) is 4.79 Å². The minimum Gasteiger partial charge on any atom is -0.485 e. The van der Waals surface area contributed by atoms with Crippen LogP contribution in [0.2, 0.25) is 0 Å². The molecule has 0 aliphatic carbocycles. The van der Waals surface area contributed by atoms with E-state index in [0.29, 0.717) is 12.4 Å². The van der Waals surface area contributed by atoms with Crippen LogP contribution >= 0.6 is 0 Å². The fraction of sp³-hybridized carbons (Fsp3) is 0.167. The molecule has 0 aliphatic rings. The van der Waals surface area contributed by atoms with Crippen LogP contribution in [0.4, 0.5) is 0 Å². The summed E-state index contributed by atoms with van der Waals surface area (Å²) in [5, 5.41) is 0. The monoisotopic (exact) mass is 390 g/mol. The quantitative estimate of drug-likeness (QED) is 0.304. The van der Waals surface area contributed by atoms with E-state index in [2.05, 4.69) is 0 Å². The van der Waals surface area contributed by atoms with E-state index in [1.54, 1.807) is 19.1 Å². The Morgan fingerprint density at radius 2 is 1.31 bits per heavy atom. The van der Waals surface area contributed by atoms with Crippen molar-refractivity contribution in [1.82, 2.24) is 0 Å². The fourth-order valence-electron chi connectivity index (χ4n) is 2.73. The molecule has 0 bridgehead atoms. The Bertz CT molecular complexity index is 952. The number of esters is 1. The zero-order chi connectivity index (χ0) is 20.5. The maximum Gasteiger partial charge on any atom is 0.379 e. The molecule has 5 nitrogen and oxygen atoms in total. The Labute approximate surface area is 169 Å². The molecule has 0 radical (unpaired) electrons. The molecule has 29 heavy (non-hydrogen) atoms. The van der Waals surface area contributed by atoms with Crippen LogP contribution in [0.15, 0.2) is 78.9 Å². The number of ether oxygens (including phenoxy) is 3. The van der Waals surface area contributed by atoms with Gasteiger partial charge in [0.25, 0.3) is 5.78 Å². The first-order valence-corrected chi connectivity index (χ1v) is 9.37. The standard InChI is InChI=1S/C24H22O5/c1-2-27-24(26)22(25)20-14-9-15-21(28-16-18-10-5-3-6-11-18)23(20)29-17-19-12-7-4-8-13-19/h3-15H,2,16-17H2,1H3. The first kappa shape index (κ1) is 20.1. The van der Waals surface area contributed by atoms with E-state index in [4.69, 9.17) is 14.2 Å². The molecule has 0 spiro atoms. The molecule has 5 heteroatoms. The van der Waals surface area contributed by atoms with Crippen LogP contribution in [0.25, 0.3) is 0 Å². The molecule has 0 atom stereocenters. The number of benzene rings is 3. The van der Waals surface area contributed by atoms with Crippen molar-refractivity contribution >= 4 is 11.8 Å². The van der Waals surface area contributed by atoms with Crippen molar-refractivity contribution in [3.63, 3.8) is 0 Å². The molecule has 0 unspecified atom stereocenters. The highest BCUT2D eigenvalue weighted by atomic mass is 16.5. The third kappa shape index (κ3) is 5.45. The number of rotatable bonds is 9. The molecular formula is C24H22O5. The third-order valence-electron chi connectivity index (χ3n) is 4.15. The van der Waals surface area contributed by atoms with Crippen LogP contribution in [0.5, 0.6) is 11.5 Å². The van der Waals surface area contributed by atoms with E-state index >= 15 is 0 Å². The van der Waals surface area contributed by atoms with Crippen LogP contribution in [0.1, 0.15) is 28.4 Å². The SMILES string of the molecule is CCOC(=O)C(=O)c1cccc(OCc2ccccc2)c1OCc1ccccc1. The van der Waals surface area contributed by atoms with Gasteiger partial charge in [0.1, 0.15) is 13.2 Å². The lowest BCUT2D eigenvalue weighted by Crippen LogP contribution is -2.19. The molecule has 0 heterocycles. The van der Waals surface area contributed by atoms with Gasteiger partial charge in [-0.05, 0) is 30.2 Å². The Morgan fingerprint density at radius 1 is 0.724 bits per heavy atom. The maximum atomic E-state index is 12.6. The van der Waals surface area contributed by atoms with E-state index in [0.717, 1.165) is 11.1 Å². The number of Topliss-reactive ketones (excluding diaryl/α,β-unsaturated/α-hetero) is 1. The lowest BCUT2D eigenvalue weighted by molar-refractivity contribution is -0.137. The largest absolute Gasteiger partial charge is 0.485 e. The molecule has 0 saturated carbocycles. The smallest absolute Gasteiger partial charge is 0.379 e. The van der Waals surface area contributed by atoms with E-state index in [1.807, 2.05) is 60.7 Å². The highest BCUT2D eigenvalue weighted by molar-refractivity contribution is 6.41. The van der Waals surface area contributed by atoms with Gasteiger partial charge in [-0.2, -0.15) is 0 Å². The molecule has 148 valence electrons. The summed E-state index contributed by atoms with van der Waals surface area (Å²) in [5.41, 5.74) is 2.02. The number of hydrogen-bond acceptors (Lipinski definition) is 5. The van der Waals surface area contributed by atoms with Crippen LogP contribution in [-0.4, -0.2) is 18.4 Å². The molecule has 0 fully saturated rings. The molecule has 3 aromatic rings. The lowest BCUT2D eigenvalue weighted by Gasteiger charge is -2.16. The summed E-state index contributed by atoms with van der Waals surface area (Å²) in [5.74, 6) is -1.07. The highest BCUT2D eigenvalue weighted by Crippen LogP contribution is 2.33. The van der Waals surface area contributed by atoms with E-state index in [9.17, 15) is 9.59 Å². The average molecular weight is 390 g/mol. The van der Waals surface area contributed by atoms with Crippen molar-refractivity contribution in [2.75, 3.05) is 6.61 Å². The van der Waals surface area contributed by atoms with Crippen molar-refractivity contribution in [3.8, 4) is 11.5 Å². The Balaban J connectivity index is 1.88. The van der Waals surface area contributed by atoms with Crippen LogP contribution < -0.4 is 9.47 Å². The van der Waals surface area contributed by atoms with Gasteiger partial charge in [0.05, 0.1) is 12.2 Å². The molecule has 0 aliphatic heterocycles. The Kier molecular flexibility index (Phi) is 7.00. The molecule has 0 saturated heterocycles. The molecular weight excluding hydrogens is 368 g/mol. The summed E-state index contributed by atoms with van der Waals surface area (Å²) >= 11 is 0. The van der Waals surface area contributed by atoms with Gasteiger partial charge in [0.15, 0.2) is 11.5 Å². The highest BCUT2D eigenvalue weighted by Gasteiger charge is 2.24. The zero-order valence-electron chi connectivity index (χ0n) is 16.2. The first-order valence-electron chi connectivity index (χ1n) is 9.37. The minimum atomic E-state index is -0.919. The summed E-state index contributed by atoms with van der Waals surface area (Å²) in [7, 11) is 0. The van der Waals surface area contributed by atoms with E-state index in [-0.39, 0.29) is 24.5 Å². The molecule has 0 amide bonds. The summed E-state index contributed by atoms with van der Waals surface area (Å²) in [6.07, 6.45) is 0. The van der Waals surface area contributed by atoms with Gasteiger partial charge in [-0.25, -0.2) is 4.79 Å². The number of carbonyl (C=O) groups is 2. The van der Waals surface area contributed by atoms with Crippen molar-refractivity contribution in [1.29, 1.82) is 0 Å². The molecule has 3 rings (SSSR count). The van der Waals surface area contributed by atoms with Crippen molar-refractivity contribution in [2.24, 2.45) is 0 Å². The Hall–Kier alpha value is -3.60. The second kappa shape index (κ2) is 10.1. The first-order chi connectivity index (χ1) is 14.2. The van der Waals surface area contributed by atoms with Crippen LogP contribution in [-0.2, 0) is 22.7 Å². The normalized spacial score (nSPS) is 10.2. The topological polar surface area (TPSA) is 61.8 Å². The van der Waals surface area contributed by atoms with Gasteiger partial charge in [0.2, 0.25) is 0 Å². The van der Waals surface area contributed by atoms with Crippen LogP contribution in [0, 0.1) is 0 Å². The van der Waals surface area contributed by atoms with Gasteiger partial charge < -0.3 is 14.2 Å². The summed E-state index contributed by atoms with van der Waals surface area (Å²) in [6.45, 7) is 2.31. The third-order valence-corrected chi connectivity index (χ3v) is 4.15. The van der Waals surface area contributed by atoms with Crippen molar-refractivity contribution < 1.29 is 23.8 Å². The number of para-hydroxylation sites is 1. The summed E-state index contributed by atoms with van der Waals surface area (Å²) < 4.78 is 16.7. The number of ketones is 1. The second-order valence-corrected chi connectivity index (χ2v) is 6.23. The van der Waals surface area contributed by atoms with Crippen molar-refractivity contribution in [3.05, 3.63) is 95.6 Å². The zero-order valence-corrected chi connectivity index (χ0v) is 16.2. The lowest BCUT2D eigenvalue weighted by atomic mass is 10.1. The average Bonchev–Trinajstić information content (AvgIpc) is 2.77. The van der Waals surface area contributed by atoms with Gasteiger partial charge in [0, 0.05) is 0 Å². The predicted octanol–water partition coefficient (Wildman–Crippen LogP) is 4.59.